The molecule has 0 radical (unpaired) electrons. The van der Waals surface area contributed by atoms with E-state index in [9.17, 15) is 0 Å². The smallest absolute Gasteiger partial charge is 0.0531 e. The molecule has 0 aliphatic heterocycles. The summed E-state index contributed by atoms with van der Waals surface area (Å²) in [5, 5.41) is 1.33. The molecule has 1 aromatic heterocycles. The zero-order valence-corrected chi connectivity index (χ0v) is 11.6. The Bertz CT molecular complexity index is 626. The number of thiol groups is 1. The summed E-state index contributed by atoms with van der Waals surface area (Å²) >= 11 is 3.53. The number of nitrogens with zero attached hydrogens (tertiary/aromatic N) is 1. The third-order valence-corrected chi connectivity index (χ3v) is 2.95. The van der Waals surface area contributed by atoms with E-state index in [1.807, 2.05) is 6.07 Å². The Morgan fingerprint density at radius 2 is 1.44 bits per heavy atom. The molecule has 0 atom stereocenters. The molecular formula is C16H17NS. The molecule has 0 fully saturated rings. The maximum atomic E-state index is 3.53. The number of hydrogen-bond donors (Lipinski definition) is 1. The van der Waals surface area contributed by atoms with Crippen LogP contribution in [0.15, 0.2) is 60.8 Å². The fraction of sp³-hybridized carbons (Fsp3) is 0.125. The quantitative estimate of drug-likeness (QED) is 0.612. The van der Waals surface area contributed by atoms with Gasteiger partial charge in [-0.1, -0.05) is 36.4 Å². The van der Waals surface area contributed by atoms with Crippen molar-refractivity contribution in [3.8, 4) is 5.69 Å². The van der Waals surface area contributed by atoms with E-state index >= 15 is 0 Å². The molecule has 0 bridgehead atoms. The van der Waals surface area contributed by atoms with Crippen LogP contribution in [0.1, 0.15) is 5.56 Å². The highest BCUT2D eigenvalue weighted by atomic mass is 32.1. The molecule has 3 aromatic rings. The third-order valence-electron chi connectivity index (χ3n) is 2.95. The summed E-state index contributed by atoms with van der Waals surface area (Å²) in [5.41, 5.74) is 3.80. The van der Waals surface area contributed by atoms with E-state index in [1.165, 1.54) is 22.2 Å². The second kappa shape index (κ2) is 5.78. The summed E-state index contributed by atoms with van der Waals surface area (Å²) in [7, 11) is 0. The van der Waals surface area contributed by atoms with Gasteiger partial charge in [0.15, 0.2) is 0 Å². The minimum absolute atomic E-state index is 1.21. The van der Waals surface area contributed by atoms with E-state index < -0.39 is 0 Å². The molecule has 0 saturated carbocycles. The Kier molecular flexibility index (Phi) is 4.11. The van der Waals surface area contributed by atoms with Crippen LogP contribution in [0, 0.1) is 6.92 Å². The number of rotatable bonds is 1. The van der Waals surface area contributed by atoms with Gasteiger partial charge >= 0.3 is 0 Å². The van der Waals surface area contributed by atoms with E-state index in [-0.39, 0.29) is 0 Å². The Morgan fingerprint density at radius 1 is 0.833 bits per heavy atom. The van der Waals surface area contributed by atoms with Crippen LogP contribution in [0.4, 0.5) is 0 Å². The fourth-order valence-corrected chi connectivity index (χ4v) is 2.15. The molecule has 1 heterocycles. The average Bonchev–Trinajstić information content (AvgIpc) is 2.80. The topological polar surface area (TPSA) is 4.93 Å². The highest BCUT2D eigenvalue weighted by molar-refractivity contribution is 7.79. The maximum absolute atomic E-state index is 3.53. The monoisotopic (exact) mass is 255 g/mol. The van der Waals surface area contributed by atoms with Crippen LogP contribution < -0.4 is 0 Å². The molecule has 2 aromatic carbocycles. The fourth-order valence-electron chi connectivity index (χ4n) is 2.15. The first-order valence-electron chi connectivity index (χ1n) is 5.93. The predicted molar refractivity (Wildman–Crippen MR) is 82.9 cm³/mol. The lowest BCUT2D eigenvalue weighted by atomic mass is 10.2. The van der Waals surface area contributed by atoms with Gasteiger partial charge in [-0.2, -0.15) is 12.6 Å². The number of aryl methyl sites for hydroxylation is 1. The van der Waals surface area contributed by atoms with E-state index in [0.717, 1.165) is 0 Å². The van der Waals surface area contributed by atoms with Crippen molar-refractivity contribution < 1.29 is 0 Å². The van der Waals surface area contributed by atoms with Gasteiger partial charge in [0.25, 0.3) is 0 Å². The van der Waals surface area contributed by atoms with Crippen LogP contribution in [0.25, 0.3) is 16.6 Å². The number of benzene rings is 2. The number of hydrogen-bond acceptors (Lipinski definition) is 1. The second-order valence-corrected chi connectivity index (χ2v) is 4.03. The summed E-state index contributed by atoms with van der Waals surface area (Å²) in [6, 6.07) is 18.9. The number of para-hydroxylation sites is 2. The number of aromatic nitrogens is 1. The van der Waals surface area contributed by atoms with Crippen molar-refractivity contribution >= 4 is 23.5 Å². The van der Waals surface area contributed by atoms with Crippen LogP contribution in [0.2, 0.25) is 0 Å². The molecule has 0 spiro atoms. The van der Waals surface area contributed by atoms with Crippen LogP contribution >= 0.6 is 12.6 Å². The molecule has 92 valence electrons. The standard InChI is InChI=1S/C15H13N.CH4S/c1-12-11-16(13-7-3-2-4-8-13)15-10-6-5-9-14(12)15;1-2/h2-11H,1H3;2H,1H3. The molecule has 3 rings (SSSR count). The molecule has 1 nitrogen and oxygen atoms in total. The van der Waals surface area contributed by atoms with E-state index in [4.69, 9.17) is 0 Å². The van der Waals surface area contributed by atoms with Crippen molar-refractivity contribution in [3.63, 3.8) is 0 Å². The van der Waals surface area contributed by atoms with E-state index in [0.29, 0.717) is 0 Å². The predicted octanol–water partition coefficient (Wildman–Crippen LogP) is 4.48. The van der Waals surface area contributed by atoms with Crippen molar-refractivity contribution in [2.45, 2.75) is 6.92 Å². The van der Waals surface area contributed by atoms with Gasteiger partial charge in [0.1, 0.15) is 0 Å². The minimum atomic E-state index is 1.21. The van der Waals surface area contributed by atoms with Gasteiger partial charge < -0.3 is 4.57 Å². The molecule has 2 heteroatoms. The SMILES string of the molecule is CS.Cc1cn(-c2ccccc2)c2ccccc12. The molecule has 18 heavy (non-hydrogen) atoms. The minimum Gasteiger partial charge on any atom is -0.316 e. The van der Waals surface area contributed by atoms with Gasteiger partial charge in [-0.3, -0.25) is 0 Å². The Hall–Kier alpha value is -1.67. The van der Waals surface area contributed by atoms with Crippen molar-refractivity contribution in [2.24, 2.45) is 0 Å². The van der Waals surface area contributed by atoms with Crippen molar-refractivity contribution in [1.29, 1.82) is 0 Å². The normalized spacial score (nSPS) is 9.94. The van der Waals surface area contributed by atoms with Gasteiger partial charge in [-0.05, 0) is 36.9 Å². The second-order valence-electron chi connectivity index (χ2n) is 4.03. The van der Waals surface area contributed by atoms with Gasteiger partial charge in [-0.25, -0.2) is 0 Å². The third kappa shape index (κ3) is 2.29. The Labute approximate surface area is 113 Å². The highest BCUT2D eigenvalue weighted by Crippen LogP contribution is 2.23. The van der Waals surface area contributed by atoms with Gasteiger partial charge in [0, 0.05) is 17.3 Å². The lowest BCUT2D eigenvalue weighted by molar-refractivity contribution is 1.12. The summed E-state index contributed by atoms with van der Waals surface area (Å²) in [5.74, 6) is 0. The Morgan fingerprint density at radius 3 is 2.17 bits per heavy atom. The van der Waals surface area contributed by atoms with Gasteiger partial charge in [0.05, 0.1) is 5.52 Å². The summed E-state index contributed by atoms with van der Waals surface area (Å²) in [6.07, 6.45) is 3.89. The first-order valence-corrected chi connectivity index (χ1v) is 6.82. The first-order chi connectivity index (χ1) is 8.86. The van der Waals surface area contributed by atoms with Crippen molar-refractivity contribution in [3.05, 3.63) is 66.4 Å². The lowest BCUT2D eigenvalue weighted by Crippen LogP contribution is -1.90. The summed E-state index contributed by atoms with van der Waals surface area (Å²) in [6.45, 7) is 2.15. The van der Waals surface area contributed by atoms with E-state index in [1.54, 1.807) is 6.26 Å². The molecule has 0 unspecified atom stereocenters. The van der Waals surface area contributed by atoms with E-state index in [2.05, 4.69) is 78.8 Å². The van der Waals surface area contributed by atoms with Crippen LogP contribution in [-0.4, -0.2) is 10.8 Å². The summed E-state index contributed by atoms with van der Waals surface area (Å²) in [4.78, 5) is 0. The molecule has 0 saturated heterocycles. The van der Waals surface area contributed by atoms with Crippen LogP contribution in [-0.2, 0) is 0 Å². The molecule has 0 amide bonds. The highest BCUT2D eigenvalue weighted by Gasteiger charge is 2.04. The van der Waals surface area contributed by atoms with Gasteiger partial charge in [0.2, 0.25) is 0 Å². The average molecular weight is 255 g/mol. The van der Waals surface area contributed by atoms with Crippen molar-refractivity contribution in [1.82, 2.24) is 4.57 Å². The zero-order chi connectivity index (χ0) is 13.0. The maximum Gasteiger partial charge on any atom is 0.0531 e. The molecular weight excluding hydrogens is 238 g/mol. The first kappa shape index (κ1) is 12.8. The van der Waals surface area contributed by atoms with Gasteiger partial charge in [-0.15, -0.1) is 0 Å². The lowest BCUT2D eigenvalue weighted by Gasteiger charge is -2.04. The largest absolute Gasteiger partial charge is 0.316 e. The molecule has 0 aliphatic rings. The Balaban J connectivity index is 0.000000574. The zero-order valence-electron chi connectivity index (χ0n) is 10.7. The summed E-state index contributed by atoms with van der Waals surface area (Å²) < 4.78 is 2.24. The molecule has 0 N–H and O–H groups in total. The molecule has 0 aliphatic carbocycles. The number of fused-ring (bicyclic) bond motifs is 1. The van der Waals surface area contributed by atoms with Crippen LogP contribution in [0.3, 0.4) is 0 Å². The van der Waals surface area contributed by atoms with Crippen molar-refractivity contribution in [2.75, 3.05) is 6.26 Å². The van der Waals surface area contributed by atoms with Crippen LogP contribution in [0.5, 0.6) is 0 Å².